The zero-order valence-electron chi connectivity index (χ0n) is 14.8. The number of benzene rings is 1. The van der Waals surface area contributed by atoms with E-state index in [9.17, 15) is 14.4 Å². The van der Waals surface area contributed by atoms with Crippen molar-refractivity contribution in [3.05, 3.63) is 58.4 Å². The maximum Gasteiger partial charge on any atom is 0.274 e. The van der Waals surface area contributed by atoms with E-state index in [1.165, 1.54) is 0 Å². The van der Waals surface area contributed by atoms with E-state index in [0.717, 1.165) is 12.0 Å². The van der Waals surface area contributed by atoms with Crippen LogP contribution < -0.4 is 5.32 Å². The molecule has 7 nitrogen and oxygen atoms in total. The topological polar surface area (TPSA) is 82.6 Å². The molecule has 0 spiro atoms. The van der Waals surface area contributed by atoms with Crippen LogP contribution >= 0.6 is 11.6 Å². The molecule has 1 saturated heterocycles. The molecule has 0 radical (unpaired) electrons. The number of aromatic nitrogens is 1. The van der Waals surface area contributed by atoms with Gasteiger partial charge in [0.15, 0.2) is 0 Å². The lowest BCUT2D eigenvalue weighted by Crippen LogP contribution is -2.48. The zero-order valence-corrected chi connectivity index (χ0v) is 15.6. The summed E-state index contributed by atoms with van der Waals surface area (Å²) in [5.41, 5.74) is 1.81. The molecular formula is C19H19ClN4O3. The summed E-state index contributed by atoms with van der Waals surface area (Å²) in [6.45, 7) is 3.72. The highest BCUT2D eigenvalue weighted by atomic mass is 35.5. The Morgan fingerprint density at radius 2 is 1.81 bits per heavy atom. The van der Waals surface area contributed by atoms with E-state index in [1.807, 2.05) is 13.0 Å². The third kappa shape index (κ3) is 4.43. The van der Waals surface area contributed by atoms with Crippen LogP contribution in [0.3, 0.4) is 0 Å². The van der Waals surface area contributed by atoms with E-state index >= 15 is 0 Å². The first-order valence-corrected chi connectivity index (χ1v) is 8.89. The average Bonchev–Trinajstić information content (AvgIpc) is 2.70. The molecule has 0 aliphatic carbocycles. The number of aryl methyl sites for hydroxylation is 1. The first kappa shape index (κ1) is 18.8. The quantitative estimate of drug-likeness (QED) is 0.817. The van der Waals surface area contributed by atoms with Crippen LogP contribution in [0.25, 0.3) is 0 Å². The normalized spacial score (nSPS) is 14.0. The lowest BCUT2D eigenvalue weighted by Gasteiger charge is -2.32. The molecule has 27 heavy (non-hydrogen) atoms. The highest BCUT2D eigenvalue weighted by Crippen LogP contribution is 2.20. The Morgan fingerprint density at radius 3 is 2.52 bits per heavy atom. The Morgan fingerprint density at radius 1 is 1.11 bits per heavy atom. The number of anilines is 1. The van der Waals surface area contributed by atoms with Gasteiger partial charge < -0.3 is 15.1 Å². The molecule has 2 aromatic rings. The molecule has 0 saturated carbocycles. The molecule has 140 valence electrons. The molecular weight excluding hydrogens is 368 g/mol. The summed E-state index contributed by atoms with van der Waals surface area (Å²) in [6.07, 6.45) is 0.781. The summed E-state index contributed by atoms with van der Waals surface area (Å²) in [7, 11) is 0. The van der Waals surface area contributed by atoms with Crippen molar-refractivity contribution in [1.29, 1.82) is 0 Å². The molecule has 1 N–H and O–H groups in total. The van der Waals surface area contributed by atoms with E-state index < -0.39 is 5.91 Å². The van der Waals surface area contributed by atoms with Gasteiger partial charge in [-0.05, 0) is 36.8 Å². The maximum atomic E-state index is 12.6. The standard InChI is InChI=1S/C19H19ClN4O3/c1-13-5-6-14(20)11-17(13)22-18(26)15-3-2-4-16(21-15)19(27)24-9-7-23(12-25)8-10-24/h2-6,11-12H,7-10H2,1H3,(H,22,26). The number of nitrogens with one attached hydrogen (secondary N) is 1. The molecule has 1 fully saturated rings. The Labute approximate surface area is 161 Å². The van der Waals surface area contributed by atoms with Crippen LogP contribution in [0.5, 0.6) is 0 Å². The second kappa shape index (κ2) is 8.18. The number of piperazine rings is 1. The van der Waals surface area contributed by atoms with Gasteiger partial charge in [0.25, 0.3) is 11.8 Å². The van der Waals surface area contributed by atoms with Crippen LogP contribution in [0.4, 0.5) is 5.69 Å². The minimum Gasteiger partial charge on any atom is -0.342 e. The third-order valence-corrected chi connectivity index (χ3v) is 4.63. The SMILES string of the molecule is Cc1ccc(Cl)cc1NC(=O)c1cccc(C(=O)N2CCN(C=O)CC2)n1. The average molecular weight is 387 g/mol. The lowest BCUT2D eigenvalue weighted by molar-refractivity contribution is -0.119. The second-order valence-corrected chi connectivity index (χ2v) is 6.69. The summed E-state index contributed by atoms with van der Waals surface area (Å²) in [4.78, 5) is 43.4. The highest BCUT2D eigenvalue weighted by molar-refractivity contribution is 6.31. The fourth-order valence-corrected chi connectivity index (χ4v) is 2.96. The van der Waals surface area contributed by atoms with Crippen LogP contribution in [-0.4, -0.2) is 59.2 Å². The third-order valence-electron chi connectivity index (χ3n) is 4.40. The summed E-state index contributed by atoms with van der Waals surface area (Å²) >= 11 is 5.98. The van der Waals surface area contributed by atoms with Gasteiger partial charge in [0.2, 0.25) is 6.41 Å². The van der Waals surface area contributed by atoms with Crippen LogP contribution in [0.2, 0.25) is 5.02 Å². The number of carbonyl (C=O) groups excluding carboxylic acids is 3. The predicted molar refractivity (Wildman–Crippen MR) is 102 cm³/mol. The molecule has 2 heterocycles. The van der Waals surface area contributed by atoms with Crippen molar-refractivity contribution >= 4 is 35.5 Å². The van der Waals surface area contributed by atoms with Gasteiger partial charge in [-0.3, -0.25) is 14.4 Å². The van der Waals surface area contributed by atoms with Gasteiger partial charge in [-0.2, -0.15) is 0 Å². The van der Waals surface area contributed by atoms with Crippen LogP contribution in [0, 0.1) is 6.92 Å². The highest BCUT2D eigenvalue weighted by Gasteiger charge is 2.23. The van der Waals surface area contributed by atoms with Crippen molar-refractivity contribution in [3.63, 3.8) is 0 Å². The van der Waals surface area contributed by atoms with Crippen molar-refractivity contribution in [2.24, 2.45) is 0 Å². The number of amides is 3. The molecule has 1 aliphatic heterocycles. The minimum absolute atomic E-state index is 0.145. The Hall–Kier alpha value is -2.93. The van der Waals surface area contributed by atoms with Crippen molar-refractivity contribution in [3.8, 4) is 0 Å². The summed E-state index contributed by atoms with van der Waals surface area (Å²) < 4.78 is 0. The number of pyridine rings is 1. The molecule has 1 aliphatic rings. The minimum atomic E-state index is -0.416. The number of rotatable bonds is 4. The van der Waals surface area contributed by atoms with Gasteiger partial charge in [-0.25, -0.2) is 4.98 Å². The van der Waals surface area contributed by atoms with Gasteiger partial charge >= 0.3 is 0 Å². The van der Waals surface area contributed by atoms with Crippen molar-refractivity contribution in [1.82, 2.24) is 14.8 Å². The van der Waals surface area contributed by atoms with Crippen LogP contribution in [0.1, 0.15) is 26.5 Å². The summed E-state index contributed by atoms with van der Waals surface area (Å²) in [5.74, 6) is -0.671. The number of halogens is 1. The number of nitrogens with zero attached hydrogens (tertiary/aromatic N) is 3. The monoisotopic (exact) mass is 386 g/mol. The van der Waals surface area contributed by atoms with Crippen molar-refractivity contribution in [2.45, 2.75) is 6.92 Å². The molecule has 8 heteroatoms. The van der Waals surface area contributed by atoms with Gasteiger partial charge in [0.1, 0.15) is 11.4 Å². The van der Waals surface area contributed by atoms with Gasteiger partial charge in [-0.1, -0.05) is 23.7 Å². The van der Waals surface area contributed by atoms with E-state index in [4.69, 9.17) is 11.6 Å². The molecule has 1 aromatic carbocycles. The van der Waals surface area contributed by atoms with Gasteiger partial charge in [0, 0.05) is 36.9 Å². The number of hydrogen-bond donors (Lipinski definition) is 1. The van der Waals surface area contributed by atoms with E-state index in [2.05, 4.69) is 10.3 Å². The maximum absolute atomic E-state index is 12.6. The number of hydrogen-bond acceptors (Lipinski definition) is 4. The van der Waals surface area contributed by atoms with Gasteiger partial charge in [0.05, 0.1) is 0 Å². The van der Waals surface area contributed by atoms with E-state index in [1.54, 1.807) is 40.1 Å². The Balaban J connectivity index is 1.73. The fourth-order valence-electron chi connectivity index (χ4n) is 2.79. The smallest absolute Gasteiger partial charge is 0.274 e. The fraction of sp³-hybridized carbons (Fsp3) is 0.263. The molecule has 0 bridgehead atoms. The largest absolute Gasteiger partial charge is 0.342 e. The molecule has 0 atom stereocenters. The van der Waals surface area contributed by atoms with E-state index in [0.29, 0.717) is 36.9 Å². The first-order chi connectivity index (χ1) is 13.0. The number of carbonyl (C=O) groups is 3. The Bertz CT molecular complexity index is 879. The lowest BCUT2D eigenvalue weighted by atomic mass is 10.2. The first-order valence-electron chi connectivity index (χ1n) is 8.51. The van der Waals surface area contributed by atoms with Gasteiger partial charge in [-0.15, -0.1) is 0 Å². The summed E-state index contributed by atoms with van der Waals surface area (Å²) in [6, 6.07) is 9.98. The Kier molecular flexibility index (Phi) is 5.71. The molecule has 0 unspecified atom stereocenters. The second-order valence-electron chi connectivity index (χ2n) is 6.26. The van der Waals surface area contributed by atoms with Crippen molar-refractivity contribution in [2.75, 3.05) is 31.5 Å². The molecule has 3 amide bonds. The van der Waals surface area contributed by atoms with Crippen LogP contribution in [0.15, 0.2) is 36.4 Å². The predicted octanol–water partition coefficient (Wildman–Crippen LogP) is 2.21. The van der Waals surface area contributed by atoms with Crippen LogP contribution in [-0.2, 0) is 4.79 Å². The zero-order chi connectivity index (χ0) is 19.4. The van der Waals surface area contributed by atoms with E-state index in [-0.39, 0.29) is 17.3 Å². The molecule has 1 aromatic heterocycles. The summed E-state index contributed by atoms with van der Waals surface area (Å²) in [5, 5.41) is 3.29. The van der Waals surface area contributed by atoms with Crippen molar-refractivity contribution < 1.29 is 14.4 Å². The molecule has 3 rings (SSSR count).